The van der Waals surface area contributed by atoms with Crippen molar-refractivity contribution in [3.8, 4) is 22.6 Å². The summed E-state index contributed by atoms with van der Waals surface area (Å²) in [7, 11) is 0. The Kier molecular flexibility index (Phi) is 4.86. The van der Waals surface area contributed by atoms with E-state index in [0.717, 1.165) is 38.1 Å². The van der Waals surface area contributed by atoms with E-state index in [9.17, 15) is 4.55 Å². The van der Waals surface area contributed by atoms with E-state index in [1.807, 2.05) is 72.8 Å². The first-order valence-corrected chi connectivity index (χ1v) is 10.8. The molecule has 1 unspecified atom stereocenters. The molecule has 0 aliphatic rings. The van der Waals surface area contributed by atoms with E-state index in [2.05, 4.69) is 10.2 Å². The van der Waals surface area contributed by atoms with Crippen LogP contribution >= 0.6 is 0 Å². The Morgan fingerprint density at radius 3 is 2.40 bits per heavy atom. The van der Waals surface area contributed by atoms with Crippen LogP contribution in [0.15, 0.2) is 92.8 Å². The first kappa shape index (κ1) is 18.7. The van der Waals surface area contributed by atoms with Crippen LogP contribution in [0.2, 0.25) is 0 Å². The quantitative estimate of drug-likeness (QED) is 0.342. The van der Waals surface area contributed by atoms with Crippen molar-refractivity contribution < 1.29 is 13.4 Å². The van der Waals surface area contributed by atoms with Gasteiger partial charge in [-0.25, -0.2) is 0 Å². The maximum Gasteiger partial charge on any atom is 0.247 e. The van der Waals surface area contributed by atoms with E-state index < -0.39 is 11.2 Å². The van der Waals surface area contributed by atoms with E-state index in [1.165, 1.54) is 0 Å². The van der Waals surface area contributed by atoms with E-state index in [0.29, 0.717) is 17.5 Å². The van der Waals surface area contributed by atoms with Crippen molar-refractivity contribution in [1.82, 2.24) is 10.2 Å². The SMILES string of the molecule is Cc1nnc(-c2ccc3occ(-c4ccc([S+]([O-])Cc5ccccc5)cc4)c3c2)o1. The van der Waals surface area contributed by atoms with Crippen molar-refractivity contribution in [3.63, 3.8) is 0 Å². The maximum absolute atomic E-state index is 12.7. The molecule has 5 nitrogen and oxygen atoms in total. The molecule has 0 aliphatic carbocycles. The number of nitrogens with zero attached hydrogens (tertiary/aromatic N) is 2. The molecule has 0 N–H and O–H groups in total. The second-order valence-electron chi connectivity index (χ2n) is 6.99. The van der Waals surface area contributed by atoms with Crippen LogP contribution in [0.3, 0.4) is 0 Å². The van der Waals surface area contributed by atoms with E-state index >= 15 is 0 Å². The van der Waals surface area contributed by atoms with Gasteiger partial charge in [-0.3, -0.25) is 0 Å². The van der Waals surface area contributed by atoms with E-state index in [4.69, 9.17) is 8.83 Å². The van der Waals surface area contributed by atoms with Crippen molar-refractivity contribution in [2.75, 3.05) is 0 Å². The lowest BCUT2D eigenvalue weighted by molar-refractivity contribution is 0.533. The molecule has 0 fully saturated rings. The number of hydrogen-bond donors (Lipinski definition) is 0. The number of hydrogen-bond acceptors (Lipinski definition) is 5. The second-order valence-corrected chi connectivity index (χ2v) is 8.44. The van der Waals surface area contributed by atoms with Gasteiger partial charge >= 0.3 is 0 Å². The highest BCUT2D eigenvalue weighted by molar-refractivity contribution is 7.90. The molecule has 5 aromatic rings. The zero-order chi connectivity index (χ0) is 20.5. The summed E-state index contributed by atoms with van der Waals surface area (Å²) in [6, 6.07) is 23.4. The maximum atomic E-state index is 12.7. The summed E-state index contributed by atoms with van der Waals surface area (Å²) in [5, 5.41) is 8.95. The van der Waals surface area contributed by atoms with Crippen LogP contribution in [-0.2, 0) is 16.9 Å². The molecule has 0 radical (unpaired) electrons. The van der Waals surface area contributed by atoms with Crippen LogP contribution in [0.5, 0.6) is 0 Å². The molecule has 0 spiro atoms. The lowest BCUT2D eigenvalue weighted by atomic mass is 10.0. The molecule has 2 aromatic heterocycles. The third-order valence-electron chi connectivity index (χ3n) is 4.92. The summed E-state index contributed by atoms with van der Waals surface area (Å²) >= 11 is -1.09. The van der Waals surface area contributed by atoms with Gasteiger partial charge < -0.3 is 13.4 Å². The smallest absolute Gasteiger partial charge is 0.247 e. The zero-order valence-electron chi connectivity index (χ0n) is 16.2. The fourth-order valence-corrected chi connectivity index (χ4v) is 4.50. The highest BCUT2D eigenvalue weighted by atomic mass is 32.2. The van der Waals surface area contributed by atoms with Crippen molar-refractivity contribution in [2.45, 2.75) is 17.6 Å². The molecule has 0 saturated heterocycles. The monoisotopic (exact) mass is 414 g/mol. The van der Waals surface area contributed by atoms with Gasteiger partial charge in [0, 0.05) is 29.0 Å². The van der Waals surface area contributed by atoms with Gasteiger partial charge in [0.2, 0.25) is 11.8 Å². The van der Waals surface area contributed by atoms with Crippen molar-refractivity contribution in [2.24, 2.45) is 0 Å². The van der Waals surface area contributed by atoms with Crippen LogP contribution in [0.1, 0.15) is 11.5 Å². The number of aryl methyl sites for hydroxylation is 1. The highest BCUT2D eigenvalue weighted by Crippen LogP contribution is 2.34. The first-order valence-electron chi connectivity index (χ1n) is 9.52. The molecular weight excluding hydrogens is 396 g/mol. The molecule has 0 amide bonds. The topological polar surface area (TPSA) is 75.1 Å². The van der Waals surface area contributed by atoms with Gasteiger partial charge in [-0.1, -0.05) is 30.3 Å². The third kappa shape index (κ3) is 3.63. The molecular formula is C24H18N2O3S. The standard InChI is InChI=1S/C24H18N2O3S/c1-16-25-26-24(29-16)19-9-12-23-21(13-19)22(14-28-23)18-7-10-20(11-8-18)30(27)15-17-5-3-2-4-6-17/h2-14H,15H2,1H3. The number of rotatable bonds is 5. The molecule has 1 atom stereocenters. The van der Waals surface area contributed by atoms with Gasteiger partial charge in [0.1, 0.15) is 11.3 Å². The number of fused-ring (bicyclic) bond motifs is 1. The lowest BCUT2D eigenvalue weighted by Crippen LogP contribution is -2.04. The van der Waals surface area contributed by atoms with Gasteiger partial charge in [-0.2, -0.15) is 0 Å². The Balaban J connectivity index is 1.44. The largest absolute Gasteiger partial charge is 0.611 e. The Morgan fingerprint density at radius 1 is 0.900 bits per heavy atom. The molecule has 6 heteroatoms. The molecule has 3 aromatic carbocycles. The Morgan fingerprint density at radius 2 is 1.67 bits per heavy atom. The van der Waals surface area contributed by atoms with Crippen LogP contribution < -0.4 is 0 Å². The Hall–Kier alpha value is -3.35. The van der Waals surface area contributed by atoms with Gasteiger partial charge in [-0.15, -0.1) is 10.2 Å². The fourth-order valence-electron chi connectivity index (χ4n) is 3.39. The molecule has 5 rings (SSSR count). The van der Waals surface area contributed by atoms with E-state index in [1.54, 1.807) is 13.2 Å². The van der Waals surface area contributed by atoms with Crippen molar-refractivity contribution in [1.29, 1.82) is 0 Å². The first-order chi connectivity index (χ1) is 14.7. The highest BCUT2D eigenvalue weighted by Gasteiger charge is 2.15. The molecule has 0 bridgehead atoms. The van der Waals surface area contributed by atoms with Crippen LogP contribution in [0, 0.1) is 6.92 Å². The average molecular weight is 414 g/mol. The minimum Gasteiger partial charge on any atom is -0.611 e. The van der Waals surface area contributed by atoms with Crippen molar-refractivity contribution >= 4 is 22.1 Å². The third-order valence-corrected chi connectivity index (χ3v) is 6.31. The van der Waals surface area contributed by atoms with Gasteiger partial charge in [0.05, 0.1) is 6.26 Å². The van der Waals surface area contributed by atoms with E-state index in [-0.39, 0.29) is 0 Å². The summed E-state index contributed by atoms with van der Waals surface area (Å²) in [6.45, 7) is 1.77. The molecule has 0 aliphatic heterocycles. The summed E-state index contributed by atoms with van der Waals surface area (Å²) < 4.78 is 24.0. The molecule has 30 heavy (non-hydrogen) atoms. The summed E-state index contributed by atoms with van der Waals surface area (Å²) in [5.41, 5.74) is 4.63. The van der Waals surface area contributed by atoms with Crippen LogP contribution in [-0.4, -0.2) is 14.8 Å². The van der Waals surface area contributed by atoms with Crippen LogP contribution in [0.25, 0.3) is 33.6 Å². The van der Waals surface area contributed by atoms with Crippen molar-refractivity contribution in [3.05, 3.63) is 90.5 Å². The van der Waals surface area contributed by atoms with Gasteiger partial charge in [0.15, 0.2) is 4.90 Å². The second kappa shape index (κ2) is 7.82. The number of benzene rings is 3. The zero-order valence-corrected chi connectivity index (χ0v) is 17.1. The van der Waals surface area contributed by atoms with Gasteiger partial charge in [0.25, 0.3) is 0 Å². The van der Waals surface area contributed by atoms with Gasteiger partial charge in [-0.05, 0) is 59.2 Å². The summed E-state index contributed by atoms with van der Waals surface area (Å²) in [6.07, 6.45) is 1.74. The minimum absolute atomic E-state index is 0.480. The molecule has 2 heterocycles. The number of aromatic nitrogens is 2. The summed E-state index contributed by atoms with van der Waals surface area (Å²) in [4.78, 5) is 0.803. The Bertz CT molecular complexity index is 1290. The summed E-state index contributed by atoms with van der Waals surface area (Å²) in [5.74, 6) is 1.51. The predicted octanol–water partition coefficient (Wildman–Crippen LogP) is 5.77. The van der Waals surface area contributed by atoms with Crippen LogP contribution in [0.4, 0.5) is 0 Å². The predicted molar refractivity (Wildman–Crippen MR) is 116 cm³/mol. The lowest BCUT2D eigenvalue weighted by Gasteiger charge is -2.11. The average Bonchev–Trinajstić information content (AvgIpc) is 3.40. The number of furan rings is 1. The Labute approximate surface area is 176 Å². The normalized spacial score (nSPS) is 12.3. The molecule has 148 valence electrons. The fraction of sp³-hybridized carbons (Fsp3) is 0.0833. The molecule has 0 saturated carbocycles. The minimum atomic E-state index is -1.09.